The maximum atomic E-state index is 12.5. The van der Waals surface area contributed by atoms with Gasteiger partial charge in [-0.2, -0.15) is 0 Å². The number of hydroxylamine groups is 2. The van der Waals surface area contributed by atoms with Crippen LogP contribution in [-0.2, 0) is 19.2 Å². The molecular formula is C25H38N2O5Sn. The van der Waals surface area contributed by atoms with Crippen molar-refractivity contribution in [1.29, 1.82) is 0 Å². The van der Waals surface area contributed by atoms with Crippen molar-refractivity contribution >= 4 is 45.6 Å². The molecule has 1 aromatic carbocycles. The Labute approximate surface area is 201 Å². The van der Waals surface area contributed by atoms with Crippen LogP contribution in [-0.4, -0.2) is 53.7 Å². The molecule has 33 heavy (non-hydrogen) atoms. The zero-order valence-corrected chi connectivity index (χ0v) is 23.1. The zero-order chi connectivity index (χ0) is 24.3. The topological polar surface area (TPSA) is 92.8 Å². The van der Waals surface area contributed by atoms with Crippen molar-refractivity contribution in [1.82, 2.24) is 10.4 Å². The molecule has 3 amide bonds. The van der Waals surface area contributed by atoms with E-state index in [1.54, 1.807) is 0 Å². The van der Waals surface area contributed by atoms with Crippen LogP contribution in [0.5, 0.6) is 0 Å². The van der Waals surface area contributed by atoms with Crippen LogP contribution in [0.15, 0.2) is 24.3 Å². The monoisotopic (exact) mass is 566 g/mol. The first-order chi connectivity index (χ1) is 15.9. The molecule has 8 heteroatoms. The number of imide groups is 1. The van der Waals surface area contributed by atoms with Gasteiger partial charge >= 0.3 is 202 Å². The van der Waals surface area contributed by atoms with Crippen molar-refractivity contribution < 1.29 is 24.0 Å². The second kappa shape index (κ2) is 13.7. The van der Waals surface area contributed by atoms with Crippen LogP contribution in [0.25, 0.3) is 0 Å². The number of hydrogen-bond acceptors (Lipinski definition) is 5. The van der Waals surface area contributed by atoms with Crippen LogP contribution < -0.4 is 8.90 Å². The molecular weight excluding hydrogens is 527 g/mol. The number of unbranched alkanes of at least 4 members (excludes halogenated alkanes) is 3. The van der Waals surface area contributed by atoms with Crippen molar-refractivity contribution in [2.45, 2.75) is 85.4 Å². The maximum absolute atomic E-state index is 12.5. The number of carbonyl (C=O) groups excluding carboxylic acids is 4. The molecule has 0 radical (unpaired) electrons. The first-order valence-electron chi connectivity index (χ1n) is 12.3. The predicted octanol–water partition coefficient (Wildman–Crippen LogP) is 4.08. The van der Waals surface area contributed by atoms with Crippen LogP contribution in [0.1, 0.15) is 82.5 Å². The third-order valence-electron chi connectivity index (χ3n) is 6.38. The fourth-order valence-electron chi connectivity index (χ4n) is 4.38. The molecule has 182 valence electrons. The summed E-state index contributed by atoms with van der Waals surface area (Å²) in [5, 5.41) is 3.00. The van der Waals surface area contributed by atoms with Crippen molar-refractivity contribution in [3.63, 3.8) is 0 Å². The van der Waals surface area contributed by atoms with E-state index in [-0.39, 0.29) is 18.7 Å². The number of rotatable bonds is 14. The Morgan fingerprint density at radius 3 is 1.82 bits per heavy atom. The predicted molar refractivity (Wildman–Crippen MR) is 130 cm³/mol. The van der Waals surface area contributed by atoms with Gasteiger partial charge in [-0.25, -0.2) is 0 Å². The van der Waals surface area contributed by atoms with Gasteiger partial charge in [0.1, 0.15) is 0 Å². The fraction of sp³-hybridized carbons (Fsp3) is 0.600. The molecule has 0 spiro atoms. The molecule has 0 atom stereocenters. The van der Waals surface area contributed by atoms with Gasteiger partial charge in [0, 0.05) is 0 Å². The summed E-state index contributed by atoms with van der Waals surface area (Å²) in [6.45, 7) is 6.35. The molecule has 1 fully saturated rings. The normalized spacial score (nSPS) is 14.0. The second-order valence-electron chi connectivity index (χ2n) is 8.90. The van der Waals surface area contributed by atoms with E-state index in [1.165, 1.54) is 55.4 Å². The second-order valence-corrected chi connectivity index (χ2v) is 22.1. The van der Waals surface area contributed by atoms with Gasteiger partial charge in [-0.3, -0.25) is 0 Å². The summed E-state index contributed by atoms with van der Waals surface area (Å²) >= 11 is -2.55. The van der Waals surface area contributed by atoms with Crippen molar-refractivity contribution in [3.8, 4) is 0 Å². The molecule has 0 aromatic heterocycles. The first-order valence-corrected chi connectivity index (χ1v) is 19.8. The summed E-state index contributed by atoms with van der Waals surface area (Å²) in [7, 11) is 0. The SMILES string of the molecule is CCC[CH2][Sn]([CH2]CCC)([CH2]CCC)[c]1ccc(C(=O)NCC(=O)ON2C(=O)CCC2=O)cc1. The Balaban J connectivity index is 2.04. The minimum atomic E-state index is -2.55. The Hall–Kier alpha value is -1.90. The third-order valence-corrected chi connectivity index (χ3v) is 22.0. The molecule has 0 aliphatic carbocycles. The Bertz CT molecular complexity index is 787. The fourth-order valence-corrected chi connectivity index (χ4v) is 20.3. The van der Waals surface area contributed by atoms with Gasteiger partial charge in [0.25, 0.3) is 0 Å². The van der Waals surface area contributed by atoms with Crippen LogP contribution in [0.2, 0.25) is 13.3 Å². The minimum absolute atomic E-state index is 0.0338. The van der Waals surface area contributed by atoms with Crippen LogP contribution >= 0.6 is 0 Å². The molecule has 1 N–H and O–H groups in total. The molecule has 1 aliphatic heterocycles. The van der Waals surface area contributed by atoms with E-state index in [2.05, 4.69) is 38.2 Å². The molecule has 1 aliphatic rings. The van der Waals surface area contributed by atoms with E-state index in [4.69, 9.17) is 4.84 Å². The number of nitrogens with zero attached hydrogens (tertiary/aromatic N) is 1. The third kappa shape index (κ3) is 7.83. The summed E-state index contributed by atoms with van der Waals surface area (Å²) in [4.78, 5) is 52.3. The van der Waals surface area contributed by atoms with Crippen molar-refractivity contribution in [2.24, 2.45) is 0 Å². The summed E-state index contributed by atoms with van der Waals surface area (Å²) in [6, 6.07) is 8.01. The number of carbonyl (C=O) groups is 4. The number of nitrogens with one attached hydrogen (secondary N) is 1. The van der Waals surface area contributed by atoms with Gasteiger partial charge in [-0.1, -0.05) is 0 Å². The molecule has 0 bridgehead atoms. The summed E-state index contributed by atoms with van der Waals surface area (Å²) < 4.78 is 5.56. The van der Waals surface area contributed by atoms with Crippen molar-refractivity contribution in [2.75, 3.05) is 6.54 Å². The summed E-state index contributed by atoms with van der Waals surface area (Å²) in [5.74, 6) is -2.31. The van der Waals surface area contributed by atoms with Crippen molar-refractivity contribution in [3.05, 3.63) is 29.8 Å². The number of amides is 3. The van der Waals surface area contributed by atoms with E-state index in [1.807, 2.05) is 12.1 Å². The van der Waals surface area contributed by atoms with Gasteiger partial charge in [0.15, 0.2) is 0 Å². The molecule has 2 rings (SSSR count). The molecule has 1 saturated heterocycles. The Morgan fingerprint density at radius 1 is 0.879 bits per heavy atom. The average Bonchev–Trinajstić information content (AvgIpc) is 3.14. The zero-order valence-electron chi connectivity index (χ0n) is 20.3. The van der Waals surface area contributed by atoms with E-state index >= 15 is 0 Å². The molecule has 1 heterocycles. The van der Waals surface area contributed by atoms with Crippen LogP contribution in [0.4, 0.5) is 0 Å². The average molecular weight is 565 g/mol. The van der Waals surface area contributed by atoms with Gasteiger partial charge in [0.05, 0.1) is 0 Å². The first kappa shape index (κ1) is 27.3. The van der Waals surface area contributed by atoms with Crippen LogP contribution in [0, 0.1) is 0 Å². The number of benzene rings is 1. The van der Waals surface area contributed by atoms with E-state index < -0.39 is 42.7 Å². The molecule has 7 nitrogen and oxygen atoms in total. The molecule has 0 saturated carbocycles. The van der Waals surface area contributed by atoms with E-state index in [9.17, 15) is 19.2 Å². The van der Waals surface area contributed by atoms with Gasteiger partial charge in [-0.05, 0) is 0 Å². The Kier molecular flexibility index (Phi) is 11.4. The van der Waals surface area contributed by atoms with Gasteiger partial charge in [0.2, 0.25) is 0 Å². The summed E-state index contributed by atoms with van der Waals surface area (Å²) in [5.41, 5.74) is 0.488. The Morgan fingerprint density at radius 2 is 1.36 bits per heavy atom. The van der Waals surface area contributed by atoms with Crippen LogP contribution in [0.3, 0.4) is 0 Å². The number of hydrogen-bond donors (Lipinski definition) is 1. The molecule has 0 unspecified atom stereocenters. The summed E-state index contributed by atoms with van der Waals surface area (Å²) in [6.07, 6.45) is 7.52. The quantitative estimate of drug-likeness (QED) is 0.271. The van der Waals surface area contributed by atoms with E-state index in [0.29, 0.717) is 10.6 Å². The van der Waals surface area contributed by atoms with Gasteiger partial charge in [-0.15, -0.1) is 0 Å². The molecule has 1 aromatic rings. The standard InChI is InChI=1S/C13H11N2O5.3C4H9.Sn/c16-10-6-7-11(17)15(10)20-12(18)8-14-13(19)9-4-2-1-3-5-9;3*1-3-4-2;/h2-5H,6-8H2,(H,14,19);3*1,3-4H2,2H3;. The van der Waals surface area contributed by atoms with Gasteiger partial charge < -0.3 is 0 Å². The van der Waals surface area contributed by atoms with E-state index in [0.717, 1.165) is 0 Å².